The van der Waals surface area contributed by atoms with Crippen LogP contribution in [0.1, 0.15) is 57.6 Å². The second kappa shape index (κ2) is 10.5. The minimum Gasteiger partial charge on any atom is -0.372 e. The zero-order valence-corrected chi connectivity index (χ0v) is 17.2. The summed E-state index contributed by atoms with van der Waals surface area (Å²) in [6.45, 7) is 12.2. The van der Waals surface area contributed by atoms with Crippen molar-refractivity contribution in [2.24, 2.45) is 4.99 Å². The van der Waals surface area contributed by atoms with Crippen LogP contribution in [0.3, 0.4) is 0 Å². The molecule has 5 nitrogen and oxygen atoms in total. The zero-order valence-electron chi connectivity index (χ0n) is 17.2. The molecule has 2 aliphatic heterocycles. The van der Waals surface area contributed by atoms with Crippen molar-refractivity contribution in [3.05, 3.63) is 29.8 Å². The Kier molecular flexibility index (Phi) is 7.81. The lowest BCUT2D eigenvalue weighted by molar-refractivity contribution is 0.336. The molecule has 1 unspecified atom stereocenters. The topological polar surface area (TPSA) is 42.9 Å². The summed E-state index contributed by atoms with van der Waals surface area (Å²) >= 11 is 0. The molecule has 2 fully saturated rings. The van der Waals surface area contributed by atoms with Gasteiger partial charge in [0.1, 0.15) is 0 Å². The molecule has 0 aromatic heterocycles. The SMILES string of the molecule is CCNC(=NCCCN1CCCC1)NC(C)c1cccc(N2CCCC2)c1. The third kappa shape index (κ3) is 6.13. The Labute approximate surface area is 165 Å². The Balaban J connectivity index is 1.53. The van der Waals surface area contributed by atoms with E-state index in [1.807, 2.05) is 0 Å². The standard InChI is InChI=1S/C22H37N5/c1-3-23-22(24-12-9-15-26-13-4-5-14-26)25-19(2)20-10-8-11-21(18-20)27-16-6-7-17-27/h8,10-11,18-19H,3-7,9,12-17H2,1-2H3,(H2,23,24,25). The van der Waals surface area contributed by atoms with E-state index in [2.05, 4.69) is 58.5 Å². The van der Waals surface area contributed by atoms with E-state index in [-0.39, 0.29) is 6.04 Å². The minimum absolute atomic E-state index is 0.240. The van der Waals surface area contributed by atoms with Crippen molar-refractivity contribution in [3.63, 3.8) is 0 Å². The molecule has 1 atom stereocenters. The van der Waals surface area contributed by atoms with Crippen molar-refractivity contribution < 1.29 is 0 Å². The highest BCUT2D eigenvalue weighted by Crippen LogP contribution is 2.23. The molecule has 0 aliphatic carbocycles. The number of rotatable bonds is 8. The number of anilines is 1. The Morgan fingerprint density at radius 1 is 1.11 bits per heavy atom. The van der Waals surface area contributed by atoms with Gasteiger partial charge < -0.3 is 20.4 Å². The van der Waals surface area contributed by atoms with Crippen LogP contribution in [0.2, 0.25) is 0 Å². The maximum absolute atomic E-state index is 4.80. The van der Waals surface area contributed by atoms with Crippen LogP contribution in [-0.4, -0.2) is 56.7 Å². The van der Waals surface area contributed by atoms with E-state index < -0.39 is 0 Å². The van der Waals surface area contributed by atoms with Gasteiger partial charge in [-0.25, -0.2) is 0 Å². The number of benzene rings is 1. The molecule has 2 N–H and O–H groups in total. The summed E-state index contributed by atoms with van der Waals surface area (Å²) in [5.41, 5.74) is 2.67. The summed E-state index contributed by atoms with van der Waals surface area (Å²) in [4.78, 5) is 9.85. The van der Waals surface area contributed by atoms with E-state index in [4.69, 9.17) is 4.99 Å². The fraction of sp³-hybridized carbons (Fsp3) is 0.682. The first-order chi connectivity index (χ1) is 13.3. The first kappa shape index (κ1) is 20.0. The number of nitrogens with zero attached hydrogens (tertiary/aromatic N) is 3. The lowest BCUT2D eigenvalue weighted by Crippen LogP contribution is -2.39. The van der Waals surface area contributed by atoms with Crippen LogP contribution < -0.4 is 15.5 Å². The van der Waals surface area contributed by atoms with Gasteiger partial charge in [0.2, 0.25) is 0 Å². The van der Waals surface area contributed by atoms with E-state index in [0.29, 0.717) is 0 Å². The van der Waals surface area contributed by atoms with Crippen LogP contribution in [0, 0.1) is 0 Å². The number of guanidine groups is 1. The summed E-state index contributed by atoms with van der Waals surface area (Å²) in [6.07, 6.45) is 6.48. The third-order valence-corrected chi connectivity index (χ3v) is 5.64. The van der Waals surface area contributed by atoms with E-state index in [0.717, 1.165) is 25.5 Å². The molecule has 1 aromatic rings. The molecule has 0 radical (unpaired) electrons. The fourth-order valence-electron chi connectivity index (χ4n) is 4.07. The van der Waals surface area contributed by atoms with Gasteiger partial charge in [0.15, 0.2) is 5.96 Å². The van der Waals surface area contributed by atoms with Gasteiger partial charge in [0.25, 0.3) is 0 Å². The van der Waals surface area contributed by atoms with Crippen LogP contribution in [0.15, 0.2) is 29.3 Å². The predicted octanol–water partition coefficient (Wildman–Crippen LogP) is 3.39. The van der Waals surface area contributed by atoms with Crippen LogP contribution in [0.25, 0.3) is 0 Å². The van der Waals surface area contributed by atoms with Crippen LogP contribution in [0.4, 0.5) is 5.69 Å². The van der Waals surface area contributed by atoms with E-state index in [9.17, 15) is 0 Å². The number of aliphatic imine (C=N–C) groups is 1. The molecule has 1 aromatic carbocycles. The summed E-state index contributed by atoms with van der Waals surface area (Å²) in [5.74, 6) is 0.929. The summed E-state index contributed by atoms with van der Waals surface area (Å²) < 4.78 is 0. The van der Waals surface area contributed by atoms with E-state index in [1.54, 1.807) is 0 Å². The van der Waals surface area contributed by atoms with Gasteiger partial charge in [-0.2, -0.15) is 0 Å². The highest BCUT2D eigenvalue weighted by atomic mass is 15.2. The van der Waals surface area contributed by atoms with Crippen molar-refractivity contribution in [1.29, 1.82) is 0 Å². The van der Waals surface area contributed by atoms with Gasteiger partial charge >= 0.3 is 0 Å². The van der Waals surface area contributed by atoms with Gasteiger partial charge in [0.05, 0.1) is 6.04 Å². The third-order valence-electron chi connectivity index (χ3n) is 5.64. The number of hydrogen-bond donors (Lipinski definition) is 2. The number of nitrogens with one attached hydrogen (secondary N) is 2. The molecule has 0 saturated carbocycles. The molecular weight excluding hydrogens is 334 g/mol. The fourth-order valence-corrected chi connectivity index (χ4v) is 4.07. The molecule has 5 heteroatoms. The molecular formula is C22H37N5. The minimum atomic E-state index is 0.240. The Morgan fingerprint density at radius 2 is 1.85 bits per heavy atom. The monoisotopic (exact) mass is 371 g/mol. The van der Waals surface area contributed by atoms with Crippen molar-refractivity contribution in [2.45, 2.75) is 52.0 Å². The predicted molar refractivity (Wildman–Crippen MR) is 116 cm³/mol. The highest BCUT2D eigenvalue weighted by Gasteiger charge is 2.15. The maximum atomic E-state index is 4.80. The first-order valence-electron chi connectivity index (χ1n) is 10.9. The maximum Gasteiger partial charge on any atom is 0.191 e. The smallest absolute Gasteiger partial charge is 0.191 e. The average molecular weight is 372 g/mol. The largest absolute Gasteiger partial charge is 0.372 e. The van der Waals surface area contributed by atoms with Crippen molar-refractivity contribution in [1.82, 2.24) is 15.5 Å². The number of hydrogen-bond acceptors (Lipinski definition) is 3. The lowest BCUT2D eigenvalue weighted by atomic mass is 10.1. The molecule has 0 amide bonds. The van der Waals surface area contributed by atoms with Gasteiger partial charge in [-0.1, -0.05) is 12.1 Å². The van der Waals surface area contributed by atoms with Crippen molar-refractivity contribution in [3.8, 4) is 0 Å². The van der Waals surface area contributed by atoms with Crippen LogP contribution in [0.5, 0.6) is 0 Å². The molecule has 3 rings (SSSR count). The van der Waals surface area contributed by atoms with E-state index >= 15 is 0 Å². The quantitative estimate of drug-likeness (QED) is 0.418. The summed E-state index contributed by atoms with van der Waals surface area (Å²) in [6, 6.07) is 9.21. The number of likely N-dealkylation sites (tertiary alicyclic amines) is 1. The summed E-state index contributed by atoms with van der Waals surface area (Å²) in [7, 11) is 0. The van der Waals surface area contributed by atoms with Gasteiger partial charge in [0, 0.05) is 31.9 Å². The Bertz CT molecular complexity index is 588. The molecule has 0 spiro atoms. The van der Waals surface area contributed by atoms with Gasteiger partial charge in [-0.15, -0.1) is 0 Å². The highest BCUT2D eigenvalue weighted by molar-refractivity contribution is 5.80. The second-order valence-corrected chi connectivity index (χ2v) is 7.82. The molecule has 0 bridgehead atoms. The van der Waals surface area contributed by atoms with Gasteiger partial charge in [-0.05, 0) is 83.3 Å². The summed E-state index contributed by atoms with van der Waals surface area (Å²) in [5, 5.41) is 6.98. The van der Waals surface area contributed by atoms with Gasteiger partial charge in [-0.3, -0.25) is 4.99 Å². The normalized spacial score (nSPS) is 19.5. The molecule has 27 heavy (non-hydrogen) atoms. The zero-order chi connectivity index (χ0) is 18.9. The molecule has 150 valence electrons. The van der Waals surface area contributed by atoms with Crippen molar-refractivity contribution in [2.75, 3.05) is 50.7 Å². The Morgan fingerprint density at radius 3 is 2.59 bits per heavy atom. The molecule has 2 heterocycles. The van der Waals surface area contributed by atoms with Crippen molar-refractivity contribution >= 4 is 11.6 Å². The van der Waals surface area contributed by atoms with Crippen LogP contribution in [-0.2, 0) is 0 Å². The first-order valence-corrected chi connectivity index (χ1v) is 10.9. The molecule has 2 aliphatic rings. The Hall–Kier alpha value is -1.75. The van der Waals surface area contributed by atoms with E-state index in [1.165, 1.54) is 69.7 Å². The second-order valence-electron chi connectivity index (χ2n) is 7.82. The lowest BCUT2D eigenvalue weighted by Gasteiger charge is -2.22. The van der Waals surface area contributed by atoms with Crippen LogP contribution >= 0.6 is 0 Å². The average Bonchev–Trinajstić information content (AvgIpc) is 3.39. The molecule has 2 saturated heterocycles.